The number of rotatable bonds is 5. The van der Waals surface area contributed by atoms with E-state index in [9.17, 15) is 4.79 Å². The molecule has 1 aliphatic heterocycles. The summed E-state index contributed by atoms with van der Waals surface area (Å²) in [7, 11) is 0. The van der Waals surface area contributed by atoms with Crippen LogP contribution >= 0.6 is 0 Å². The van der Waals surface area contributed by atoms with Gasteiger partial charge in [0, 0.05) is 6.20 Å². The number of allylic oxidation sites excluding steroid dienone is 6. The van der Waals surface area contributed by atoms with Crippen LogP contribution in [0.5, 0.6) is 0 Å². The molecule has 0 bridgehead atoms. The lowest BCUT2D eigenvalue weighted by atomic mass is 9.78. The van der Waals surface area contributed by atoms with Gasteiger partial charge < -0.3 is 5.32 Å². The number of hydrogen-bond acceptors (Lipinski definition) is 3. The van der Waals surface area contributed by atoms with E-state index in [0.29, 0.717) is 24.4 Å². The number of hydroxylamine groups is 1. The van der Waals surface area contributed by atoms with Gasteiger partial charge in [0.1, 0.15) is 6.04 Å². The molecule has 1 heterocycles. The van der Waals surface area contributed by atoms with E-state index >= 15 is 0 Å². The number of dihydropyridines is 1. The van der Waals surface area contributed by atoms with Gasteiger partial charge in [-0.1, -0.05) is 51.2 Å². The maximum absolute atomic E-state index is 11.8. The molecule has 4 nitrogen and oxygen atoms in total. The van der Waals surface area contributed by atoms with Crippen molar-refractivity contribution in [2.45, 2.75) is 33.7 Å². The molecule has 22 heavy (non-hydrogen) atoms. The van der Waals surface area contributed by atoms with Crippen molar-refractivity contribution < 1.29 is 9.63 Å². The summed E-state index contributed by atoms with van der Waals surface area (Å²) < 4.78 is 0. The molecule has 0 saturated carbocycles. The van der Waals surface area contributed by atoms with Crippen LogP contribution in [0.15, 0.2) is 47.7 Å². The van der Waals surface area contributed by atoms with E-state index in [4.69, 9.17) is 4.84 Å². The van der Waals surface area contributed by atoms with Crippen molar-refractivity contribution in [3.8, 4) is 0 Å². The SMILES string of the molecule is CCONC(=O)C1C=CC(C2=CC(C(C)C)C(C)C=C2)=CN1. The van der Waals surface area contributed by atoms with Crippen molar-refractivity contribution in [1.29, 1.82) is 0 Å². The third-order valence-electron chi connectivity index (χ3n) is 4.15. The van der Waals surface area contributed by atoms with Crippen LogP contribution in [0.4, 0.5) is 0 Å². The predicted octanol–water partition coefficient (Wildman–Crippen LogP) is 2.87. The Kier molecular flexibility index (Phi) is 5.61. The van der Waals surface area contributed by atoms with Crippen LogP contribution in [0.2, 0.25) is 0 Å². The Balaban J connectivity index is 2.02. The zero-order valence-corrected chi connectivity index (χ0v) is 13.8. The Morgan fingerprint density at radius 2 is 2.05 bits per heavy atom. The van der Waals surface area contributed by atoms with Crippen LogP contribution in [0, 0.1) is 17.8 Å². The number of nitrogens with one attached hydrogen (secondary N) is 2. The fraction of sp³-hybridized carbons (Fsp3) is 0.500. The topological polar surface area (TPSA) is 50.4 Å². The Morgan fingerprint density at radius 3 is 2.64 bits per heavy atom. The van der Waals surface area contributed by atoms with Gasteiger partial charge in [-0.3, -0.25) is 9.63 Å². The first-order valence-corrected chi connectivity index (χ1v) is 7.99. The summed E-state index contributed by atoms with van der Waals surface area (Å²) in [4.78, 5) is 16.7. The fourth-order valence-electron chi connectivity index (χ4n) is 2.82. The maximum Gasteiger partial charge on any atom is 0.270 e. The summed E-state index contributed by atoms with van der Waals surface area (Å²) in [6.07, 6.45) is 12.5. The molecular formula is C18H26N2O2. The smallest absolute Gasteiger partial charge is 0.270 e. The Labute approximate surface area is 133 Å². The van der Waals surface area contributed by atoms with Crippen LogP contribution in [-0.2, 0) is 9.63 Å². The van der Waals surface area contributed by atoms with Crippen LogP contribution in [0.25, 0.3) is 0 Å². The zero-order chi connectivity index (χ0) is 16.1. The van der Waals surface area contributed by atoms with Gasteiger partial charge in [0.15, 0.2) is 0 Å². The van der Waals surface area contributed by atoms with Gasteiger partial charge in [0.2, 0.25) is 0 Å². The average Bonchev–Trinajstić information content (AvgIpc) is 2.53. The van der Waals surface area contributed by atoms with Gasteiger partial charge in [-0.15, -0.1) is 0 Å². The van der Waals surface area contributed by atoms with Gasteiger partial charge in [0.25, 0.3) is 5.91 Å². The molecule has 2 rings (SSSR count). The van der Waals surface area contributed by atoms with E-state index in [0.717, 1.165) is 5.57 Å². The van der Waals surface area contributed by atoms with Gasteiger partial charge in [-0.05, 0) is 35.8 Å². The summed E-state index contributed by atoms with van der Waals surface area (Å²) in [6, 6.07) is -0.386. The molecule has 0 aromatic carbocycles. The van der Waals surface area contributed by atoms with Crippen LogP contribution in [0.1, 0.15) is 27.7 Å². The first-order valence-electron chi connectivity index (χ1n) is 7.99. The summed E-state index contributed by atoms with van der Waals surface area (Å²) in [5.74, 6) is 1.54. The Bertz CT molecular complexity index is 529. The molecular weight excluding hydrogens is 276 g/mol. The number of hydrogen-bond donors (Lipinski definition) is 2. The van der Waals surface area contributed by atoms with Crippen molar-refractivity contribution >= 4 is 5.91 Å². The number of carbonyl (C=O) groups excluding carboxylic acids is 1. The van der Waals surface area contributed by atoms with Gasteiger partial charge in [0.05, 0.1) is 6.61 Å². The molecule has 1 aliphatic carbocycles. The largest absolute Gasteiger partial charge is 0.376 e. The standard InChI is InChI=1S/C18H26N2O2/c1-5-22-20-18(21)17-9-8-15(11-19-17)14-7-6-13(4)16(10-14)12(2)3/h6-13,16-17,19H,5H2,1-4H3,(H,20,21). The summed E-state index contributed by atoms with van der Waals surface area (Å²) >= 11 is 0. The van der Waals surface area contributed by atoms with Gasteiger partial charge in [-0.2, -0.15) is 0 Å². The minimum Gasteiger partial charge on any atom is -0.376 e. The lowest BCUT2D eigenvalue weighted by molar-refractivity contribution is -0.134. The van der Waals surface area contributed by atoms with Crippen molar-refractivity contribution in [3.05, 3.63) is 47.7 Å². The number of amides is 1. The molecule has 1 amide bonds. The third-order valence-corrected chi connectivity index (χ3v) is 4.15. The highest BCUT2D eigenvalue weighted by atomic mass is 16.6. The Morgan fingerprint density at radius 1 is 1.32 bits per heavy atom. The van der Waals surface area contributed by atoms with E-state index in [1.807, 2.05) is 25.3 Å². The first-order chi connectivity index (χ1) is 10.5. The maximum atomic E-state index is 11.8. The molecule has 2 N–H and O–H groups in total. The monoisotopic (exact) mass is 302 g/mol. The van der Waals surface area contributed by atoms with E-state index in [2.05, 4.69) is 49.8 Å². The van der Waals surface area contributed by atoms with Crippen molar-refractivity contribution in [1.82, 2.24) is 10.8 Å². The van der Waals surface area contributed by atoms with Crippen LogP contribution in [-0.4, -0.2) is 18.6 Å². The second-order valence-electron chi connectivity index (χ2n) is 6.16. The molecule has 0 fully saturated rings. The summed E-state index contributed by atoms with van der Waals surface area (Å²) in [5, 5.41) is 3.11. The van der Waals surface area contributed by atoms with E-state index in [1.165, 1.54) is 5.57 Å². The first kappa shape index (κ1) is 16.6. The lowest BCUT2D eigenvalue weighted by Gasteiger charge is -2.27. The number of carbonyl (C=O) groups is 1. The van der Waals surface area contributed by atoms with Gasteiger partial charge in [-0.25, -0.2) is 5.48 Å². The summed E-state index contributed by atoms with van der Waals surface area (Å²) in [5.41, 5.74) is 4.73. The highest BCUT2D eigenvalue weighted by Crippen LogP contribution is 2.32. The molecule has 0 aromatic heterocycles. The molecule has 0 spiro atoms. The molecule has 3 atom stereocenters. The fourth-order valence-corrected chi connectivity index (χ4v) is 2.82. The lowest BCUT2D eigenvalue weighted by Crippen LogP contribution is -2.42. The van der Waals surface area contributed by atoms with Crippen molar-refractivity contribution in [2.75, 3.05) is 6.61 Å². The van der Waals surface area contributed by atoms with E-state index < -0.39 is 0 Å². The molecule has 120 valence electrons. The quantitative estimate of drug-likeness (QED) is 0.768. The molecule has 0 radical (unpaired) electrons. The average molecular weight is 302 g/mol. The highest BCUT2D eigenvalue weighted by molar-refractivity contribution is 5.83. The zero-order valence-electron chi connectivity index (χ0n) is 13.8. The second kappa shape index (κ2) is 7.45. The van der Waals surface area contributed by atoms with Crippen LogP contribution < -0.4 is 10.8 Å². The molecule has 2 aliphatic rings. The van der Waals surface area contributed by atoms with E-state index in [1.54, 1.807) is 0 Å². The normalized spacial score (nSPS) is 27.2. The minimum absolute atomic E-state index is 0.185. The van der Waals surface area contributed by atoms with Gasteiger partial charge >= 0.3 is 0 Å². The molecule has 4 heteroatoms. The Hall–Kier alpha value is -1.81. The van der Waals surface area contributed by atoms with Crippen molar-refractivity contribution in [3.63, 3.8) is 0 Å². The summed E-state index contributed by atoms with van der Waals surface area (Å²) in [6.45, 7) is 9.05. The third kappa shape index (κ3) is 3.89. The second-order valence-corrected chi connectivity index (χ2v) is 6.16. The van der Waals surface area contributed by atoms with Crippen molar-refractivity contribution in [2.24, 2.45) is 17.8 Å². The van der Waals surface area contributed by atoms with E-state index in [-0.39, 0.29) is 11.9 Å². The molecule has 0 saturated heterocycles. The highest BCUT2D eigenvalue weighted by Gasteiger charge is 2.22. The molecule has 3 unspecified atom stereocenters. The molecule has 0 aromatic rings. The minimum atomic E-state index is -0.386. The predicted molar refractivity (Wildman–Crippen MR) is 88.6 cm³/mol. The van der Waals surface area contributed by atoms with Crippen LogP contribution in [0.3, 0.4) is 0 Å².